The molecule has 5 nitrogen and oxygen atoms in total. The number of benzene rings is 1. The highest BCUT2D eigenvalue weighted by Gasteiger charge is 2.14. The lowest BCUT2D eigenvalue weighted by Crippen LogP contribution is -2.01. The molecule has 0 bridgehead atoms. The summed E-state index contributed by atoms with van der Waals surface area (Å²) in [5, 5.41) is 10.8. The molecule has 0 fully saturated rings. The summed E-state index contributed by atoms with van der Waals surface area (Å²) >= 11 is 0. The Bertz CT molecular complexity index is 672. The van der Waals surface area contributed by atoms with Crippen molar-refractivity contribution < 1.29 is 9.72 Å². The van der Waals surface area contributed by atoms with Crippen LogP contribution < -0.4 is 0 Å². The number of aryl methyl sites for hydroxylation is 2. The van der Waals surface area contributed by atoms with E-state index in [1.165, 1.54) is 6.07 Å². The van der Waals surface area contributed by atoms with Gasteiger partial charge in [-0.1, -0.05) is 0 Å². The molecule has 0 unspecified atom stereocenters. The molecule has 0 N–H and O–H groups in total. The molecular weight excluding hydrogens is 244 g/mol. The molecule has 0 saturated carbocycles. The SMILES string of the molecule is Cc1cc(-n2c(C)cc(C=O)c2C)ccc1[N+](=O)[O-]. The number of nitrogens with zero attached hydrogens (tertiary/aromatic N) is 2. The Kier molecular flexibility index (Phi) is 3.21. The molecule has 0 aliphatic heterocycles. The van der Waals surface area contributed by atoms with Crippen molar-refractivity contribution >= 4 is 12.0 Å². The molecule has 0 radical (unpaired) electrons. The second kappa shape index (κ2) is 4.68. The summed E-state index contributed by atoms with van der Waals surface area (Å²) in [6.45, 7) is 5.46. The van der Waals surface area contributed by atoms with Crippen LogP contribution in [0.5, 0.6) is 0 Å². The first-order chi connectivity index (χ1) is 8.95. The molecule has 2 rings (SSSR count). The van der Waals surface area contributed by atoms with Crippen LogP contribution in [-0.2, 0) is 0 Å². The van der Waals surface area contributed by atoms with Crippen molar-refractivity contribution in [2.75, 3.05) is 0 Å². The van der Waals surface area contributed by atoms with Gasteiger partial charge in [0, 0.05) is 34.3 Å². The predicted molar refractivity (Wildman–Crippen MR) is 72.0 cm³/mol. The molecule has 1 aromatic carbocycles. The highest BCUT2D eigenvalue weighted by atomic mass is 16.6. The van der Waals surface area contributed by atoms with E-state index in [9.17, 15) is 14.9 Å². The molecule has 0 aliphatic carbocycles. The highest BCUT2D eigenvalue weighted by molar-refractivity contribution is 5.77. The number of nitro groups is 1. The number of hydrogen-bond donors (Lipinski definition) is 0. The van der Waals surface area contributed by atoms with Gasteiger partial charge in [0.2, 0.25) is 0 Å². The standard InChI is InChI=1S/C14H14N2O3/c1-9-6-13(4-5-14(9)16(18)19)15-10(2)7-12(8-17)11(15)3/h4-8H,1-3H3. The van der Waals surface area contributed by atoms with E-state index in [4.69, 9.17) is 0 Å². The molecule has 0 saturated heterocycles. The van der Waals surface area contributed by atoms with Gasteiger partial charge in [-0.25, -0.2) is 0 Å². The lowest BCUT2D eigenvalue weighted by Gasteiger charge is -2.10. The third-order valence-electron chi connectivity index (χ3n) is 3.23. The summed E-state index contributed by atoms with van der Waals surface area (Å²) in [5.41, 5.74) is 3.91. The fourth-order valence-electron chi connectivity index (χ4n) is 2.29. The van der Waals surface area contributed by atoms with E-state index in [1.54, 1.807) is 25.1 Å². The number of aldehydes is 1. The van der Waals surface area contributed by atoms with E-state index >= 15 is 0 Å². The van der Waals surface area contributed by atoms with Gasteiger partial charge in [-0.05, 0) is 39.0 Å². The first kappa shape index (κ1) is 13.0. The van der Waals surface area contributed by atoms with Crippen LogP contribution in [0, 0.1) is 30.9 Å². The van der Waals surface area contributed by atoms with E-state index in [-0.39, 0.29) is 5.69 Å². The second-order valence-corrected chi connectivity index (χ2v) is 4.51. The molecule has 0 aliphatic rings. The van der Waals surface area contributed by atoms with Crippen molar-refractivity contribution in [2.24, 2.45) is 0 Å². The zero-order valence-corrected chi connectivity index (χ0v) is 11.0. The normalized spacial score (nSPS) is 10.5. The Hall–Kier alpha value is -2.43. The van der Waals surface area contributed by atoms with Crippen LogP contribution in [0.3, 0.4) is 0 Å². The van der Waals surface area contributed by atoms with Crippen molar-refractivity contribution in [2.45, 2.75) is 20.8 Å². The van der Waals surface area contributed by atoms with Gasteiger partial charge in [-0.2, -0.15) is 0 Å². The Morgan fingerprint density at radius 1 is 1.21 bits per heavy atom. The Labute approximate surface area is 110 Å². The van der Waals surface area contributed by atoms with Crippen LogP contribution in [0.1, 0.15) is 27.3 Å². The second-order valence-electron chi connectivity index (χ2n) is 4.51. The van der Waals surface area contributed by atoms with Crippen molar-refractivity contribution in [3.63, 3.8) is 0 Å². The Balaban J connectivity index is 2.60. The zero-order valence-electron chi connectivity index (χ0n) is 11.0. The summed E-state index contributed by atoms with van der Waals surface area (Å²) < 4.78 is 1.92. The van der Waals surface area contributed by atoms with Gasteiger partial charge in [0.05, 0.1) is 4.92 Å². The van der Waals surface area contributed by atoms with Crippen LogP contribution in [0.15, 0.2) is 24.3 Å². The maximum Gasteiger partial charge on any atom is 0.272 e. The Morgan fingerprint density at radius 2 is 1.89 bits per heavy atom. The minimum Gasteiger partial charge on any atom is -0.318 e. The highest BCUT2D eigenvalue weighted by Crippen LogP contribution is 2.24. The molecule has 98 valence electrons. The minimum absolute atomic E-state index is 0.0989. The van der Waals surface area contributed by atoms with Crippen molar-refractivity contribution in [1.82, 2.24) is 4.57 Å². The van der Waals surface area contributed by atoms with Gasteiger partial charge in [0.25, 0.3) is 5.69 Å². The van der Waals surface area contributed by atoms with Crippen LogP contribution in [0.2, 0.25) is 0 Å². The van der Waals surface area contributed by atoms with Crippen LogP contribution in [0.4, 0.5) is 5.69 Å². The molecule has 5 heteroatoms. The van der Waals surface area contributed by atoms with E-state index < -0.39 is 4.92 Å². The van der Waals surface area contributed by atoms with E-state index in [0.29, 0.717) is 11.1 Å². The number of carbonyl (C=O) groups excluding carboxylic acids is 1. The summed E-state index contributed by atoms with van der Waals surface area (Å²) in [7, 11) is 0. The summed E-state index contributed by atoms with van der Waals surface area (Å²) in [6.07, 6.45) is 0.817. The van der Waals surface area contributed by atoms with Gasteiger partial charge in [-0.3, -0.25) is 14.9 Å². The summed E-state index contributed by atoms with van der Waals surface area (Å²) in [5.74, 6) is 0. The van der Waals surface area contributed by atoms with E-state index in [2.05, 4.69) is 0 Å². The van der Waals surface area contributed by atoms with Crippen molar-refractivity contribution in [3.05, 3.63) is 56.9 Å². The van der Waals surface area contributed by atoms with Gasteiger partial charge >= 0.3 is 0 Å². The lowest BCUT2D eigenvalue weighted by atomic mass is 10.1. The van der Waals surface area contributed by atoms with Gasteiger partial charge in [-0.15, -0.1) is 0 Å². The number of hydrogen-bond acceptors (Lipinski definition) is 3. The van der Waals surface area contributed by atoms with Gasteiger partial charge < -0.3 is 4.57 Å². The fraction of sp³-hybridized carbons (Fsp3) is 0.214. The molecule has 2 aromatic rings. The average molecular weight is 258 g/mol. The Morgan fingerprint density at radius 3 is 2.37 bits per heavy atom. The summed E-state index contributed by atoms with van der Waals surface area (Å²) in [4.78, 5) is 21.3. The molecular formula is C14H14N2O3. The van der Waals surface area contributed by atoms with Crippen molar-refractivity contribution in [3.8, 4) is 5.69 Å². The zero-order chi connectivity index (χ0) is 14.2. The number of aromatic nitrogens is 1. The van der Waals surface area contributed by atoms with Crippen molar-refractivity contribution in [1.29, 1.82) is 0 Å². The third-order valence-corrected chi connectivity index (χ3v) is 3.23. The van der Waals surface area contributed by atoms with Gasteiger partial charge in [0.1, 0.15) is 0 Å². The number of rotatable bonds is 3. The van der Waals surface area contributed by atoms with Crippen LogP contribution in [0.25, 0.3) is 5.69 Å². The van der Waals surface area contributed by atoms with Crippen LogP contribution in [-0.4, -0.2) is 15.8 Å². The molecule has 0 spiro atoms. The molecule has 19 heavy (non-hydrogen) atoms. The third kappa shape index (κ3) is 2.14. The topological polar surface area (TPSA) is 65.1 Å². The van der Waals surface area contributed by atoms with E-state index in [0.717, 1.165) is 23.4 Å². The maximum atomic E-state index is 10.9. The smallest absolute Gasteiger partial charge is 0.272 e. The monoisotopic (exact) mass is 258 g/mol. The molecule has 0 atom stereocenters. The molecule has 1 heterocycles. The lowest BCUT2D eigenvalue weighted by molar-refractivity contribution is -0.385. The number of nitro benzene ring substituents is 1. The largest absolute Gasteiger partial charge is 0.318 e. The number of carbonyl (C=O) groups is 1. The molecule has 0 amide bonds. The first-order valence-corrected chi connectivity index (χ1v) is 5.85. The van der Waals surface area contributed by atoms with Gasteiger partial charge in [0.15, 0.2) is 6.29 Å². The maximum absolute atomic E-state index is 10.9. The average Bonchev–Trinajstić information content (AvgIpc) is 2.63. The minimum atomic E-state index is -0.397. The predicted octanol–water partition coefficient (Wildman–Crippen LogP) is 3.12. The van der Waals surface area contributed by atoms with E-state index in [1.807, 2.05) is 18.4 Å². The first-order valence-electron chi connectivity index (χ1n) is 5.85. The fourth-order valence-corrected chi connectivity index (χ4v) is 2.29. The van der Waals surface area contributed by atoms with Crippen LogP contribution >= 0.6 is 0 Å². The molecule has 1 aromatic heterocycles. The quantitative estimate of drug-likeness (QED) is 0.482. The summed E-state index contributed by atoms with van der Waals surface area (Å²) in [6, 6.07) is 6.75.